The summed E-state index contributed by atoms with van der Waals surface area (Å²) in [5.41, 5.74) is 0.673. The largest absolute Gasteiger partial charge is 0.465 e. The van der Waals surface area contributed by atoms with Crippen LogP contribution in [-0.2, 0) is 28.7 Å². The number of ether oxygens (including phenoxy) is 1. The van der Waals surface area contributed by atoms with Crippen LogP contribution in [0.2, 0.25) is 10.0 Å². The first kappa shape index (κ1) is 27.3. The van der Waals surface area contributed by atoms with Gasteiger partial charge in [0.05, 0.1) is 34.5 Å². The van der Waals surface area contributed by atoms with Crippen molar-refractivity contribution in [3.63, 3.8) is 0 Å². The summed E-state index contributed by atoms with van der Waals surface area (Å²) in [5, 5.41) is 5.10. The fourth-order valence-electron chi connectivity index (χ4n) is 3.29. The zero-order valence-corrected chi connectivity index (χ0v) is 20.6. The lowest BCUT2D eigenvalue weighted by Gasteiger charge is -2.16. The third-order valence-electron chi connectivity index (χ3n) is 5.06. The topological polar surface area (TPSA) is 80.3 Å². The molecule has 3 rings (SSSR count). The van der Waals surface area contributed by atoms with E-state index in [1.165, 1.54) is 30.3 Å². The van der Waals surface area contributed by atoms with Crippen LogP contribution in [0.3, 0.4) is 0 Å². The molecule has 0 aliphatic rings. The summed E-state index contributed by atoms with van der Waals surface area (Å²) < 4.78 is 45.3. The fraction of sp³-hybridized carbons (Fsp3) is 0.240. The average molecular weight is 540 g/mol. The maximum atomic E-state index is 13.4. The number of nitrogens with zero attached hydrogens (tertiary/aromatic N) is 1. The van der Waals surface area contributed by atoms with E-state index in [1.807, 2.05) is 6.07 Å². The molecule has 1 heterocycles. The first-order chi connectivity index (χ1) is 17.1. The highest BCUT2D eigenvalue weighted by Gasteiger charge is 2.34. The summed E-state index contributed by atoms with van der Waals surface area (Å²) in [4.78, 5) is 27.7. The number of benzene rings is 2. The second-order valence-electron chi connectivity index (χ2n) is 7.65. The first-order valence-electron chi connectivity index (χ1n) is 10.9. The number of halogens is 5. The van der Waals surface area contributed by atoms with Crippen LogP contribution in [0.1, 0.15) is 30.2 Å². The molecule has 11 heteroatoms. The molecule has 0 atom stereocenters. The number of amides is 2. The Balaban J connectivity index is 1.61. The van der Waals surface area contributed by atoms with E-state index in [0.29, 0.717) is 18.5 Å². The normalized spacial score (nSPS) is 11.2. The average Bonchev–Trinajstić information content (AvgIpc) is 2.82. The number of carbonyl (C=O) groups is 2. The van der Waals surface area contributed by atoms with Crippen molar-refractivity contribution < 1.29 is 27.5 Å². The third-order valence-corrected chi connectivity index (χ3v) is 5.66. The zero-order valence-electron chi connectivity index (χ0n) is 19.1. The van der Waals surface area contributed by atoms with E-state index in [-0.39, 0.29) is 46.0 Å². The highest BCUT2D eigenvalue weighted by molar-refractivity contribution is 6.39. The van der Waals surface area contributed by atoms with Crippen molar-refractivity contribution in [1.82, 2.24) is 10.3 Å². The fourth-order valence-corrected chi connectivity index (χ4v) is 3.98. The lowest BCUT2D eigenvalue weighted by molar-refractivity contribution is -0.143. The highest BCUT2D eigenvalue weighted by Crippen LogP contribution is 2.43. The van der Waals surface area contributed by atoms with Crippen LogP contribution in [0.5, 0.6) is 0 Å². The van der Waals surface area contributed by atoms with Crippen LogP contribution in [0.15, 0.2) is 54.7 Å². The van der Waals surface area contributed by atoms with E-state index < -0.39 is 17.8 Å². The van der Waals surface area contributed by atoms with Crippen LogP contribution in [-0.4, -0.2) is 23.6 Å². The molecule has 3 aromatic rings. The van der Waals surface area contributed by atoms with Gasteiger partial charge in [0, 0.05) is 30.3 Å². The lowest BCUT2D eigenvalue weighted by Crippen LogP contribution is -2.28. The Bertz CT molecular complexity index is 1210. The molecule has 0 aliphatic heterocycles. The summed E-state index contributed by atoms with van der Waals surface area (Å²) in [6, 6.07) is 10.6. The van der Waals surface area contributed by atoms with Crippen LogP contribution in [0.25, 0.3) is 11.1 Å². The van der Waals surface area contributed by atoms with Gasteiger partial charge < -0.3 is 15.4 Å². The van der Waals surface area contributed by atoms with Crippen LogP contribution < -0.4 is 10.6 Å². The maximum absolute atomic E-state index is 13.4. The molecular formula is C25H22Cl2F3N3O3. The molecule has 2 aromatic carbocycles. The molecule has 36 heavy (non-hydrogen) atoms. The number of esters is 1. The minimum Gasteiger partial charge on any atom is -0.465 e. The monoisotopic (exact) mass is 539 g/mol. The number of rotatable bonds is 8. The Labute approximate surface area is 215 Å². The molecule has 0 aliphatic carbocycles. The van der Waals surface area contributed by atoms with E-state index in [2.05, 4.69) is 15.6 Å². The molecule has 0 fully saturated rings. The number of pyridine rings is 1. The Morgan fingerprint density at radius 3 is 2.36 bits per heavy atom. The van der Waals surface area contributed by atoms with E-state index in [4.69, 9.17) is 27.9 Å². The number of hydrogen-bond donors (Lipinski definition) is 2. The molecule has 0 unspecified atom stereocenters. The van der Waals surface area contributed by atoms with Crippen molar-refractivity contribution in [3.8, 4) is 11.1 Å². The van der Waals surface area contributed by atoms with Gasteiger partial charge in [-0.1, -0.05) is 54.4 Å². The molecular weight excluding hydrogens is 518 g/mol. The van der Waals surface area contributed by atoms with Gasteiger partial charge in [-0.25, -0.2) is 4.79 Å². The predicted molar refractivity (Wildman–Crippen MR) is 132 cm³/mol. The zero-order chi connectivity index (χ0) is 26.3. The van der Waals surface area contributed by atoms with Gasteiger partial charge in [0.2, 0.25) is 0 Å². The van der Waals surface area contributed by atoms with Crippen molar-refractivity contribution in [2.45, 2.75) is 32.5 Å². The molecule has 2 amide bonds. The molecule has 190 valence electrons. The Kier molecular flexibility index (Phi) is 9.17. The van der Waals surface area contributed by atoms with E-state index >= 15 is 0 Å². The van der Waals surface area contributed by atoms with E-state index in [9.17, 15) is 22.8 Å². The van der Waals surface area contributed by atoms with Gasteiger partial charge in [0.25, 0.3) is 0 Å². The number of carbonyl (C=O) groups excluding carboxylic acids is 2. The number of nitrogens with one attached hydrogen (secondary N) is 2. The summed E-state index contributed by atoms with van der Waals surface area (Å²) in [5.74, 6) is -0.266. The number of alkyl halides is 3. The highest BCUT2D eigenvalue weighted by atomic mass is 35.5. The summed E-state index contributed by atoms with van der Waals surface area (Å²) in [7, 11) is 0. The van der Waals surface area contributed by atoms with Crippen molar-refractivity contribution >= 4 is 40.9 Å². The Morgan fingerprint density at radius 2 is 1.75 bits per heavy atom. The molecule has 0 saturated carbocycles. The van der Waals surface area contributed by atoms with Gasteiger partial charge >= 0.3 is 18.2 Å². The van der Waals surface area contributed by atoms with Gasteiger partial charge in [-0.05, 0) is 35.4 Å². The van der Waals surface area contributed by atoms with Gasteiger partial charge in [-0.15, -0.1) is 0 Å². The van der Waals surface area contributed by atoms with Gasteiger partial charge in [-0.3, -0.25) is 9.78 Å². The van der Waals surface area contributed by atoms with Crippen LogP contribution in [0, 0.1) is 0 Å². The van der Waals surface area contributed by atoms with Gasteiger partial charge in [0.15, 0.2) is 0 Å². The van der Waals surface area contributed by atoms with Gasteiger partial charge in [-0.2, -0.15) is 13.2 Å². The van der Waals surface area contributed by atoms with Crippen LogP contribution in [0.4, 0.5) is 23.7 Å². The quantitative estimate of drug-likeness (QED) is 0.305. The van der Waals surface area contributed by atoms with Crippen LogP contribution >= 0.6 is 23.2 Å². The molecule has 0 bridgehead atoms. The maximum Gasteiger partial charge on any atom is 0.417 e. The second kappa shape index (κ2) is 12.1. The van der Waals surface area contributed by atoms with Crippen molar-refractivity contribution in [2.24, 2.45) is 0 Å². The molecule has 6 nitrogen and oxygen atoms in total. The minimum absolute atomic E-state index is 0.0194. The third kappa shape index (κ3) is 7.35. The number of urea groups is 1. The predicted octanol–water partition coefficient (Wildman–Crippen LogP) is 6.89. The molecule has 0 saturated heterocycles. The number of anilines is 1. The first-order valence-corrected chi connectivity index (χ1v) is 11.6. The molecule has 1 aromatic heterocycles. The molecule has 0 spiro atoms. The van der Waals surface area contributed by atoms with E-state index in [1.54, 1.807) is 19.2 Å². The summed E-state index contributed by atoms with van der Waals surface area (Å²) in [6.45, 7) is 2.10. The summed E-state index contributed by atoms with van der Waals surface area (Å²) in [6.07, 6.45) is -2.11. The Hall–Kier alpha value is -3.30. The number of aromatic nitrogens is 1. The minimum atomic E-state index is -4.59. The Morgan fingerprint density at radius 1 is 1.06 bits per heavy atom. The number of hydrogen-bond acceptors (Lipinski definition) is 4. The SMILES string of the molecule is CCC(=O)OCCc1ccc(CNC(=O)Nc2cc(Cl)c(-c3ccccc3C(F)(F)F)c(Cl)c2)nc1. The van der Waals surface area contributed by atoms with Crippen molar-refractivity contribution in [3.05, 3.63) is 81.6 Å². The van der Waals surface area contributed by atoms with E-state index in [0.717, 1.165) is 11.6 Å². The smallest absolute Gasteiger partial charge is 0.417 e. The van der Waals surface area contributed by atoms with Crippen molar-refractivity contribution in [1.29, 1.82) is 0 Å². The second-order valence-corrected chi connectivity index (χ2v) is 8.46. The van der Waals surface area contributed by atoms with Gasteiger partial charge in [0.1, 0.15) is 0 Å². The van der Waals surface area contributed by atoms with Crippen molar-refractivity contribution in [2.75, 3.05) is 11.9 Å². The summed E-state index contributed by atoms with van der Waals surface area (Å²) >= 11 is 12.5. The molecule has 0 radical (unpaired) electrons. The lowest BCUT2D eigenvalue weighted by atomic mass is 9.99. The standard InChI is InChI=1S/C25H22Cl2F3N3O3/c1-2-22(34)36-10-9-15-7-8-16(31-13-15)14-32-24(35)33-17-11-20(26)23(21(27)12-17)18-5-3-4-6-19(18)25(28,29)30/h3-8,11-13H,2,9-10,14H2,1H3,(H2,32,33,35). The molecule has 2 N–H and O–H groups in total.